The van der Waals surface area contributed by atoms with Crippen LogP contribution >= 0.6 is 0 Å². The van der Waals surface area contributed by atoms with Gasteiger partial charge in [-0.05, 0) is 38.1 Å². The van der Waals surface area contributed by atoms with E-state index in [-0.39, 0.29) is 11.3 Å². The molecule has 2 fully saturated rings. The topological polar surface area (TPSA) is 46.2 Å². The molecule has 0 bridgehead atoms. The third-order valence-corrected chi connectivity index (χ3v) is 6.89. The molecule has 2 atom stereocenters. The Balaban J connectivity index is 2.00. The maximum absolute atomic E-state index is 12.2. The molecule has 2 rings (SSSR count). The van der Waals surface area contributed by atoms with Crippen molar-refractivity contribution in [3.8, 4) is 0 Å². The van der Waals surface area contributed by atoms with Crippen LogP contribution in [0, 0.1) is 5.92 Å². The molecule has 1 saturated carbocycles. The van der Waals surface area contributed by atoms with Crippen LogP contribution in [0.25, 0.3) is 0 Å². The Morgan fingerprint density at radius 3 is 2.50 bits per heavy atom. The van der Waals surface area contributed by atoms with Gasteiger partial charge in [0.25, 0.3) is 0 Å². The first-order valence-electron chi connectivity index (χ1n) is 7.58. The van der Waals surface area contributed by atoms with Gasteiger partial charge < -0.3 is 5.32 Å². The predicted octanol–water partition coefficient (Wildman–Crippen LogP) is 2.51. The minimum Gasteiger partial charge on any atom is -0.313 e. The molecule has 0 aromatic rings. The lowest BCUT2D eigenvalue weighted by atomic mass is 9.80. The third kappa shape index (κ3) is 3.47. The molecule has 0 aromatic heterocycles. The summed E-state index contributed by atoms with van der Waals surface area (Å²) >= 11 is 0. The Bertz CT molecular complexity index is 349. The van der Waals surface area contributed by atoms with Crippen molar-refractivity contribution in [2.24, 2.45) is 5.92 Å². The monoisotopic (exact) mass is 273 g/mol. The van der Waals surface area contributed by atoms with Gasteiger partial charge in [-0.15, -0.1) is 0 Å². The summed E-state index contributed by atoms with van der Waals surface area (Å²) in [5.74, 6) is 1.18. The minimum absolute atomic E-state index is 0.113. The fourth-order valence-corrected chi connectivity index (χ4v) is 5.36. The second kappa shape index (κ2) is 6.38. The van der Waals surface area contributed by atoms with Gasteiger partial charge in [-0.3, -0.25) is 0 Å². The van der Waals surface area contributed by atoms with Gasteiger partial charge in [0.15, 0.2) is 9.84 Å². The van der Waals surface area contributed by atoms with E-state index in [4.69, 9.17) is 0 Å². The van der Waals surface area contributed by atoms with E-state index in [9.17, 15) is 8.42 Å². The summed E-state index contributed by atoms with van der Waals surface area (Å²) in [5, 5.41) is 3.40. The van der Waals surface area contributed by atoms with Crippen molar-refractivity contribution >= 4 is 9.84 Å². The van der Waals surface area contributed by atoms with Gasteiger partial charge in [0.2, 0.25) is 0 Å². The third-order valence-electron chi connectivity index (χ3n) is 4.55. The molecule has 4 heteroatoms. The molecule has 1 heterocycles. The largest absolute Gasteiger partial charge is 0.313 e. The Morgan fingerprint density at radius 2 is 1.94 bits per heavy atom. The average molecular weight is 273 g/mol. The van der Waals surface area contributed by atoms with Crippen molar-refractivity contribution in [1.82, 2.24) is 5.32 Å². The summed E-state index contributed by atoms with van der Waals surface area (Å²) in [6, 6.07) is 0.209. The fourth-order valence-electron chi connectivity index (χ4n) is 3.22. The zero-order valence-electron chi connectivity index (χ0n) is 11.5. The van der Waals surface area contributed by atoms with Crippen molar-refractivity contribution in [2.75, 3.05) is 12.3 Å². The van der Waals surface area contributed by atoms with Crippen LogP contribution in [0.2, 0.25) is 0 Å². The predicted molar refractivity (Wildman–Crippen MR) is 75.5 cm³/mol. The number of hydrogen-bond donors (Lipinski definition) is 1. The maximum Gasteiger partial charge on any atom is 0.154 e. The average Bonchev–Trinajstić information content (AvgIpc) is 2.27. The lowest BCUT2D eigenvalue weighted by molar-refractivity contribution is 0.251. The molecule has 0 spiro atoms. The van der Waals surface area contributed by atoms with Gasteiger partial charge in [0.05, 0.1) is 11.0 Å². The minimum atomic E-state index is -2.85. The Morgan fingerprint density at radius 1 is 1.17 bits per heavy atom. The van der Waals surface area contributed by atoms with E-state index in [1.54, 1.807) is 0 Å². The molecule has 1 saturated heterocycles. The van der Waals surface area contributed by atoms with Crippen molar-refractivity contribution in [3.05, 3.63) is 0 Å². The van der Waals surface area contributed by atoms with Crippen LogP contribution in [0.1, 0.15) is 58.3 Å². The molecular formula is C14H27NO2S. The van der Waals surface area contributed by atoms with E-state index < -0.39 is 9.84 Å². The van der Waals surface area contributed by atoms with Crippen molar-refractivity contribution in [1.29, 1.82) is 0 Å². The molecular weight excluding hydrogens is 246 g/mol. The Labute approximate surface area is 112 Å². The molecule has 2 unspecified atom stereocenters. The van der Waals surface area contributed by atoms with E-state index in [1.807, 2.05) is 0 Å². The van der Waals surface area contributed by atoms with Gasteiger partial charge in [-0.25, -0.2) is 8.42 Å². The quantitative estimate of drug-likeness (QED) is 0.809. The number of sulfone groups is 1. The molecule has 0 radical (unpaired) electrons. The number of rotatable bonds is 6. The van der Waals surface area contributed by atoms with E-state index in [1.165, 1.54) is 19.3 Å². The lowest BCUT2D eigenvalue weighted by Gasteiger charge is -2.36. The van der Waals surface area contributed by atoms with Crippen LogP contribution in [-0.2, 0) is 9.84 Å². The standard InChI is InChI=1S/C14H27NO2S/c1-2-9-15-13(11-12-6-5-7-12)14-8-3-4-10-18(14,16)17/h12-15H,2-11H2,1H3. The second-order valence-electron chi connectivity index (χ2n) is 5.99. The summed E-state index contributed by atoms with van der Waals surface area (Å²) < 4.78 is 24.5. The molecule has 2 aliphatic rings. The van der Waals surface area contributed by atoms with Crippen molar-refractivity contribution in [2.45, 2.75) is 69.6 Å². The zero-order valence-corrected chi connectivity index (χ0v) is 12.3. The molecule has 1 N–H and O–H groups in total. The summed E-state index contributed by atoms with van der Waals surface area (Å²) in [6.45, 7) is 3.09. The Kier molecular flexibility index (Phi) is 5.07. The molecule has 106 valence electrons. The molecule has 1 aliphatic carbocycles. The lowest BCUT2D eigenvalue weighted by Crippen LogP contribution is -2.48. The highest BCUT2D eigenvalue weighted by Crippen LogP contribution is 2.33. The first kappa shape index (κ1) is 14.3. The van der Waals surface area contributed by atoms with Crippen LogP contribution in [-0.4, -0.2) is 32.0 Å². The molecule has 3 nitrogen and oxygen atoms in total. The molecule has 0 aromatic carbocycles. The number of hydrogen-bond acceptors (Lipinski definition) is 3. The highest BCUT2D eigenvalue weighted by atomic mass is 32.2. The molecule has 1 aliphatic heterocycles. The van der Waals surface area contributed by atoms with Crippen LogP contribution < -0.4 is 5.32 Å². The van der Waals surface area contributed by atoms with Gasteiger partial charge in [-0.2, -0.15) is 0 Å². The van der Waals surface area contributed by atoms with Crippen LogP contribution in [0.3, 0.4) is 0 Å². The summed E-state index contributed by atoms with van der Waals surface area (Å²) in [4.78, 5) is 0. The van der Waals surface area contributed by atoms with Crippen LogP contribution in [0.4, 0.5) is 0 Å². The van der Waals surface area contributed by atoms with Crippen LogP contribution in [0.5, 0.6) is 0 Å². The molecule has 0 amide bonds. The van der Waals surface area contributed by atoms with Gasteiger partial charge in [0, 0.05) is 6.04 Å². The zero-order chi connectivity index (χ0) is 13.0. The summed E-state index contributed by atoms with van der Waals surface area (Å²) in [7, 11) is -2.85. The fraction of sp³-hybridized carbons (Fsp3) is 1.00. The van der Waals surface area contributed by atoms with Gasteiger partial charge in [-0.1, -0.05) is 32.6 Å². The smallest absolute Gasteiger partial charge is 0.154 e. The number of nitrogens with one attached hydrogen (secondary N) is 1. The Hall–Kier alpha value is -0.0900. The first-order valence-corrected chi connectivity index (χ1v) is 9.30. The maximum atomic E-state index is 12.2. The van der Waals surface area contributed by atoms with E-state index >= 15 is 0 Å². The second-order valence-corrected chi connectivity index (χ2v) is 8.33. The summed E-state index contributed by atoms with van der Waals surface area (Å²) in [5.41, 5.74) is 0. The highest BCUT2D eigenvalue weighted by Gasteiger charge is 2.36. The van der Waals surface area contributed by atoms with Crippen molar-refractivity contribution in [3.63, 3.8) is 0 Å². The highest BCUT2D eigenvalue weighted by molar-refractivity contribution is 7.92. The SMILES string of the molecule is CCCNC(CC1CCC1)C1CCCCS1(=O)=O. The van der Waals surface area contributed by atoms with Gasteiger partial charge >= 0.3 is 0 Å². The van der Waals surface area contributed by atoms with E-state index in [2.05, 4.69) is 12.2 Å². The van der Waals surface area contributed by atoms with Crippen molar-refractivity contribution < 1.29 is 8.42 Å². The normalized spacial score (nSPS) is 29.7. The molecule has 18 heavy (non-hydrogen) atoms. The first-order chi connectivity index (χ1) is 8.63. The van der Waals surface area contributed by atoms with E-state index in [0.29, 0.717) is 5.75 Å². The summed E-state index contributed by atoms with van der Waals surface area (Å²) in [6.07, 6.45) is 8.91. The van der Waals surface area contributed by atoms with Crippen LogP contribution in [0.15, 0.2) is 0 Å². The van der Waals surface area contributed by atoms with E-state index in [0.717, 1.165) is 44.6 Å². The van der Waals surface area contributed by atoms with Gasteiger partial charge in [0.1, 0.15) is 0 Å².